The molecule has 23 heavy (non-hydrogen) atoms. The van der Waals surface area contributed by atoms with E-state index >= 15 is 0 Å². The van der Waals surface area contributed by atoms with Crippen LogP contribution < -0.4 is 113 Å². The summed E-state index contributed by atoms with van der Waals surface area (Å²) in [6, 6.07) is 0. The number of carbonyl (C=O) groups is 2. The van der Waals surface area contributed by atoms with Gasteiger partial charge in [0.15, 0.2) is 0 Å². The van der Waals surface area contributed by atoms with Gasteiger partial charge in [0.1, 0.15) is 4.75 Å². The third-order valence-corrected chi connectivity index (χ3v) is 5.64. The van der Waals surface area contributed by atoms with Gasteiger partial charge >= 0.3 is 103 Å². The Balaban J connectivity index is 0. The summed E-state index contributed by atoms with van der Waals surface area (Å²) in [4.78, 5) is 22.9. The minimum Gasteiger partial charge on any atom is -0.550 e. The Bertz CT molecular complexity index is 528. The summed E-state index contributed by atoms with van der Waals surface area (Å²) in [6.07, 6.45) is 3.10. The van der Waals surface area contributed by atoms with E-state index < -0.39 is 45.1 Å². The second-order valence-corrected chi connectivity index (χ2v) is 7.02. The summed E-state index contributed by atoms with van der Waals surface area (Å²) in [6.45, 7) is 3.25. The SMILES string of the molecule is C=CCC(C(=O)[O-])(C(C(=O)[O-])C1CCCCC1)S(=O)(=O)O.[K+].[K+]. The average Bonchev–Trinajstić information content (AvgIpc) is 2.37. The molecule has 0 aromatic carbocycles. The van der Waals surface area contributed by atoms with Gasteiger partial charge in [-0.3, -0.25) is 4.55 Å². The van der Waals surface area contributed by atoms with E-state index in [1.807, 2.05) is 0 Å². The molecule has 7 nitrogen and oxygen atoms in total. The summed E-state index contributed by atoms with van der Waals surface area (Å²) in [5.41, 5.74) is 0. The Morgan fingerprint density at radius 3 is 2.00 bits per heavy atom. The number of carbonyl (C=O) groups excluding carboxylic acids is 2. The summed E-state index contributed by atoms with van der Waals surface area (Å²) in [7, 11) is -5.24. The maximum atomic E-state index is 11.7. The zero-order valence-corrected chi connectivity index (χ0v) is 20.5. The van der Waals surface area contributed by atoms with E-state index in [0.29, 0.717) is 25.7 Å². The van der Waals surface area contributed by atoms with Crippen LogP contribution in [0.25, 0.3) is 0 Å². The zero-order chi connectivity index (χ0) is 16.3. The van der Waals surface area contributed by atoms with Gasteiger partial charge in [0, 0.05) is 11.9 Å². The van der Waals surface area contributed by atoms with Crippen LogP contribution in [0.15, 0.2) is 12.7 Å². The average molecular weight is 397 g/mol. The number of rotatable bonds is 7. The molecular weight excluding hydrogens is 378 g/mol. The van der Waals surface area contributed by atoms with Crippen molar-refractivity contribution >= 4 is 22.1 Å². The Morgan fingerprint density at radius 1 is 1.22 bits per heavy atom. The monoisotopic (exact) mass is 396 g/mol. The molecule has 0 spiro atoms. The molecule has 0 amide bonds. The molecule has 120 valence electrons. The van der Waals surface area contributed by atoms with E-state index in [0.717, 1.165) is 12.5 Å². The quantitative estimate of drug-likeness (QED) is 0.257. The van der Waals surface area contributed by atoms with Crippen LogP contribution in [-0.4, -0.2) is 29.7 Å². The van der Waals surface area contributed by atoms with Gasteiger partial charge in [0.05, 0.1) is 5.97 Å². The third-order valence-electron chi connectivity index (χ3n) is 4.13. The number of hydrogen-bond donors (Lipinski definition) is 1. The van der Waals surface area contributed by atoms with Crippen molar-refractivity contribution in [3.63, 3.8) is 0 Å². The number of aliphatic carboxylic acids is 2. The molecule has 0 aromatic heterocycles. The van der Waals surface area contributed by atoms with Crippen LogP contribution in [-0.2, 0) is 19.7 Å². The number of carboxylic acids is 2. The molecule has 2 unspecified atom stereocenters. The molecule has 10 heteroatoms. The van der Waals surface area contributed by atoms with Crippen LogP contribution in [0.2, 0.25) is 0 Å². The topological polar surface area (TPSA) is 135 Å². The van der Waals surface area contributed by atoms with E-state index in [1.54, 1.807) is 0 Å². The van der Waals surface area contributed by atoms with Crippen molar-refractivity contribution in [2.45, 2.75) is 43.3 Å². The fraction of sp³-hybridized carbons (Fsp3) is 0.692. The maximum Gasteiger partial charge on any atom is 1.00 e. The molecule has 1 rings (SSSR count). The molecule has 1 fully saturated rings. The summed E-state index contributed by atoms with van der Waals surface area (Å²) in [5.74, 6) is -6.55. The minimum absolute atomic E-state index is 0. The van der Waals surface area contributed by atoms with Gasteiger partial charge in [-0.05, 0) is 25.2 Å². The van der Waals surface area contributed by atoms with Crippen molar-refractivity contribution in [3.8, 4) is 0 Å². The second kappa shape index (κ2) is 11.5. The summed E-state index contributed by atoms with van der Waals surface area (Å²) in [5, 5.41) is 22.9. The summed E-state index contributed by atoms with van der Waals surface area (Å²) < 4.78 is 29.8. The molecule has 0 aromatic rings. The Kier molecular flexibility index (Phi) is 13.6. The Labute approximate surface area is 221 Å². The predicted octanol–water partition coefficient (Wildman–Crippen LogP) is -7.11. The maximum absolute atomic E-state index is 11.7. The third kappa shape index (κ3) is 6.21. The smallest absolute Gasteiger partial charge is 0.550 e. The fourth-order valence-corrected chi connectivity index (χ4v) is 4.30. The predicted molar refractivity (Wildman–Crippen MR) is 69.2 cm³/mol. The van der Waals surface area contributed by atoms with Crippen molar-refractivity contribution in [1.82, 2.24) is 0 Å². The molecule has 0 bridgehead atoms. The van der Waals surface area contributed by atoms with E-state index in [-0.39, 0.29) is 103 Å². The molecule has 1 N–H and O–H groups in total. The molecule has 1 aliphatic rings. The van der Waals surface area contributed by atoms with Crippen LogP contribution in [0.4, 0.5) is 0 Å². The van der Waals surface area contributed by atoms with Crippen LogP contribution in [0.3, 0.4) is 0 Å². The van der Waals surface area contributed by atoms with E-state index in [9.17, 15) is 32.8 Å². The summed E-state index contributed by atoms with van der Waals surface area (Å²) >= 11 is 0. The van der Waals surface area contributed by atoms with Gasteiger partial charge in [-0.15, -0.1) is 6.58 Å². The zero-order valence-electron chi connectivity index (χ0n) is 13.5. The van der Waals surface area contributed by atoms with Crippen molar-refractivity contribution < 1.29 is 136 Å². The largest absolute Gasteiger partial charge is 1.00 e. The molecule has 0 heterocycles. The fourth-order valence-electron chi connectivity index (χ4n) is 3.15. The molecule has 0 aliphatic heterocycles. The normalized spacial score (nSPS) is 19.3. The molecule has 0 radical (unpaired) electrons. The first-order chi connectivity index (χ1) is 9.68. The van der Waals surface area contributed by atoms with Gasteiger partial charge in [-0.1, -0.05) is 25.3 Å². The first kappa shape index (κ1) is 27.1. The van der Waals surface area contributed by atoms with Crippen LogP contribution >= 0.6 is 0 Å². The molecule has 1 saturated carbocycles. The molecule has 0 saturated heterocycles. The van der Waals surface area contributed by atoms with Gasteiger partial charge in [0.25, 0.3) is 10.1 Å². The number of allylic oxidation sites excluding steroid dienone is 1. The second-order valence-electron chi connectivity index (χ2n) is 5.34. The Hall–Kier alpha value is 1.86. The van der Waals surface area contributed by atoms with Crippen molar-refractivity contribution in [2.75, 3.05) is 0 Å². The van der Waals surface area contributed by atoms with Crippen LogP contribution in [0.5, 0.6) is 0 Å². The van der Waals surface area contributed by atoms with Gasteiger partial charge in [-0.25, -0.2) is 0 Å². The molecule has 1 aliphatic carbocycles. The van der Waals surface area contributed by atoms with E-state index in [4.69, 9.17) is 0 Å². The van der Waals surface area contributed by atoms with Crippen molar-refractivity contribution in [2.24, 2.45) is 11.8 Å². The minimum atomic E-state index is -5.24. The van der Waals surface area contributed by atoms with E-state index in [1.165, 1.54) is 0 Å². The number of hydrogen-bond acceptors (Lipinski definition) is 6. The first-order valence-corrected chi connectivity index (χ1v) is 8.12. The first-order valence-electron chi connectivity index (χ1n) is 6.68. The van der Waals surface area contributed by atoms with Gasteiger partial charge < -0.3 is 19.8 Å². The molecule has 2 atom stereocenters. The van der Waals surface area contributed by atoms with Crippen LogP contribution in [0, 0.1) is 11.8 Å². The van der Waals surface area contributed by atoms with Crippen LogP contribution in [0.1, 0.15) is 38.5 Å². The van der Waals surface area contributed by atoms with Gasteiger partial charge in [-0.2, -0.15) is 8.42 Å². The standard InChI is InChI=1S/C13H20O7S.2K/c1-2-8-13(12(16)17,21(18,19)20)10(11(14)15)9-6-4-3-5-7-9;;/h2,9-10H,1,3-8H2,(H,14,15)(H,16,17)(H,18,19,20);;/q;2*+1/p-2. The van der Waals surface area contributed by atoms with E-state index in [2.05, 4.69) is 6.58 Å². The van der Waals surface area contributed by atoms with Crippen molar-refractivity contribution in [1.29, 1.82) is 0 Å². The molecular formula is C13H18K2O7S. The number of carboxylic acid groups (broad SMARTS) is 2. The van der Waals surface area contributed by atoms with Gasteiger partial charge in [0.2, 0.25) is 0 Å². The Morgan fingerprint density at radius 2 is 1.70 bits per heavy atom. The van der Waals surface area contributed by atoms with Crippen molar-refractivity contribution in [3.05, 3.63) is 12.7 Å².